The minimum Gasteiger partial charge on any atom is -0.489 e. The van der Waals surface area contributed by atoms with Gasteiger partial charge in [0.05, 0.1) is 0 Å². The zero-order valence-electron chi connectivity index (χ0n) is 11.5. The quantitative estimate of drug-likeness (QED) is 0.891. The van der Waals surface area contributed by atoms with Crippen LogP contribution in [0.4, 0.5) is 4.39 Å². The normalized spacial score (nSPS) is 12.2. The third-order valence-electron chi connectivity index (χ3n) is 2.98. The Labute approximate surface area is 126 Å². The molecule has 0 amide bonds. The van der Waals surface area contributed by atoms with Gasteiger partial charge in [-0.05, 0) is 49.2 Å². The molecule has 0 bridgehead atoms. The summed E-state index contributed by atoms with van der Waals surface area (Å²) in [7, 11) is 0. The summed E-state index contributed by atoms with van der Waals surface area (Å²) in [5.41, 5.74) is 8.76. The second-order valence-electron chi connectivity index (χ2n) is 4.90. The maximum atomic E-state index is 13.3. The van der Waals surface area contributed by atoms with Crippen LogP contribution in [0.5, 0.6) is 5.75 Å². The van der Waals surface area contributed by atoms with Crippen LogP contribution >= 0.6 is 15.9 Å². The molecule has 0 radical (unpaired) electrons. The van der Waals surface area contributed by atoms with E-state index in [1.807, 2.05) is 38.1 Å². The van der Waals surface area contributed by atoms with E-state index in [1.165, 1.54) is 12.1 Å². The van der Waals surface area contributed by atoms with E-state index in [0.29, 0.717) is 11.1 Å². The van der Waals surface area contributed by atoms with Crippen LogP contribution in [0.3, 0.4) is 0 Å². The van der Waals surface area contributed by atoms with E-state index in [1.54, 1.807) is 0 Å². The summed E-state index contributed by atoms with van der Waals surface area (Å²) in [6.07, 6.45) is 0. The zero-order valence-corrected chi connectivity index (χ0v) is 13.1. The molecule has 0 saturated carbocycles. The van der Waals surface area contributed by atoms with Gasteiger partial charge in [0.1, 0.15) is 18.2 Å². The van der Waals surface area contributed by atoms with Crippen LogP contribution in [0.15, 0.2) is 40.9 Å². The van der Waals surface area contributed by atoms with Gasteiger partial charge in [0.25, 0.3) is 0 Å². The van der Waals surface area contributed by atoms with Crippen molar-refractivity contribution in [2.75, 3.05) is 0 Å². The van der Waals surface area contributed by atoms with E-state index in [2.05, 4.69) is 15.9 Å². The van der Waals surface area contributed by atoms with Gasteiger partial charge >= 0.3 is 0 Å². The van der Waals surface area contributed by atoms with Crippen LogP contribution < -0.4 is 10.5 Å². The second kappa shape index (κ2) is 6.37. The fourth-order valence-electron chi connectivity index (χ4n) is 2.00. The maximum absolute atomic E-state index is 13.3. The van der Waals surface area contributed by atoms with Crippen molar-refractivity contribution in [2.24, 2.45) is 5.73 Å². The number of benzene rings is 2. The lowest BCUT2D eigenvalue weighted by Gasteiger charge is -2.15. The first kappa shape index (κ1) is 15.0. The van der Waals surface area contributed by atoms with Crippen LogP contribution in [0, 0.1) is 12.7 Å². The predicted molar refractivity (Wildman–Crippen MR) is 82.2 cm³/mol. The van der Waals surface area contributed by atoms with Crippen molar-refractivity contribution in [2.45, 2.75) is 26.5 Å². The first-order valence-electron chi connectivity index (χ1n) is 6.39. The Hall–Kier alpha value is -1.39. The van der Waals surface area contributed by atoms with Crippen LogP contribution in [0.2, 0.25) is 0 Å². The lowest BCUT2D eigenvalue weighted by atomic mass is 10.1. The topological polar surface area (TPSA) is 35.2 Å². The van der Waals surface area contributed by atoms with E-state index >= 15 is 0 Å². The lowest BCUT2D eigenvalue weighted by Crippen LogP contribution is -2.08. The molecule has 0 fully saturated rings. The highest BCUT2D eigenvalue weighted by atomic mass is 79.9. The van der Waals surface area contributed by atoms with Crippen LogP contribution in [0.25, 0.3) is 0 Å². The summed E-state index contributed by atoms with van der Waals surface area (Å²) in [5, 5.41) is 0. The second-order valence-corrected chi connectivity index (χ2v) is 5.81. The standard InChI is InChI=1S/C16H17BrFNO/c1-10-3-4-15(11(2)19)16(5-10)20-9-12-6-13(17)8-14(18)7-12/h3-8,11H,9,19H2,1-2H3. The summed E-state index contributed by atoms with van der Waals surface area (Å²) in [5.74, 6) is 0.468. The first-order valence-corrected chi connectivity index (χ1v) is 7.19. The average molecular weight is 338 g/mol. The lowest BCUT2D eigenvalue weighted by molar-refractivity contribution is 0.300. The summed E-state index contributed by atoms with van der Waals surface area (Å²) in [4.78, 5) is 0. The number of aryl methyl sites for hydroxylation is 1. The summed E-state index contributed by atoms with van der Waals surface area (Å²) in [6.45, 7) is 4.21. The van der Waals surface area contributed by atoms with Gasteiger partial charge in [0.15, 0.2) is 0 Å². The molecule has 0 spiro atoms. The minimum atomic E-state index is -0.283. The molecule has 106 valence electrons. The van der Waals surface area contributed by atoms with Gasteiger partial charge in [-0.1, -0.05) is 28.1 Å². The average Bonchev–Trinajstić information content (AvgIpc) is 2.35. The molecule has 2 rings (SSSR count). The van der Waals surface area contributed by atoms with Crippen LogP contribution in [-0.2, 0) is 6.61 Å². The fourth-order valence-corrected chi connectivity index (χ4v) is 2.51. The molecule has 0 aliphatic heterocycles. The molecule has 20 heavy (non-hydrogen) atoms. The van der Waals surface area contributed by atoms with Crippen molar-refractivity contribution in [1.82, 2.24) is 0 Å². The number of halogens is 2. The molecule has 2 aromatic rings. The molecule has 0 aliphatic carbocycles. The highest BCUT2D eigenvalue weighted by Gasteiger charge is 2.09. The largest absolute Gasteiger partial charge is 0.489 e. The minimum absolute atomic E-state index is 0.107. The highest BCUT2D eigenvalue weighted by Crippen LogP contribution is 2.26. The summed E-state index contributed by atoms with van der Waals surface area (Å²) in [6, 6.07) is 10.5. The molecule has 0 aliphatic rings. The molecule has 0 saturated heterocycles. The Morgan fingerprint density at radius 3 is 2.65 bits per heavy atom. The van der Waals surface area contributed by atoms with Gasteiger partial charge in [0.2, 0.25) is 0 Å². The molecule has 0 aromatic heterocycles. The van der Waals surface area contributed by atoms with Crippen molar-refractivity contribution >= 4 is 15.9 Å². The number of ether oxygens (including phenoxy) is 1. The third kappa shape index (κ3) is 3.81. The van der Waals surface area contributed by atoms with Gasteiger partial charge in [0, 0.05) is 16.1 Å². The van der Waals surface area contributed by atoms with Crippen molar-refractivity contribution < 1.29 is 9.13 Å². The van der Waals surface area contributed by atoms with Gasteiger partial charge in [-0.3, -0.25) is 0 Å². The monoisotopic (exact) mass is 337 g/mol. The number of hydrogen-bond donors (Lipinski definition) is 1. The van der Waals surface area contributed by atoms with Crippen molar-refractivity contribution in [3.8, 4) is 5.75 Å². The van der Waals surface area contributed by atoms with Crippen LogP contribution in [-0.4, -0.2) is 0 Å². The molecule has 0 heterocycles. The van der Waals surface area contributed by atoms with E-state index in [4.69, 9.17) is 10.5 Å². The Morgan fingerprint density at radius 2 is 2.00 bits per heavy atom. The molecule has 4 heteroatoms. The van der Waals surface area contributed by atoms with Gasteiger partial charge in [-0.25, -0.2) is 4.39 Å². The predicted octanol–water partition coefficient (Wildman–Crippen LogP) is 4.50. The molecule has 1 unspecified atom stereocenters. The Balaban J connectivity index is 2.20. The van der Waals surface area contributed by atoms with Crippen molar-refractivity contribution in [3.05, 3.63) is 63.4 Å². The first-order chi connectivity index (χ1) is 9.45. The van der Waals surface area contributed by atoms with E-state index in [0.717, 1.165) is 22.4 Å². The third-order valence-corrected chi connectivity index (χ3v) is 3.43. The molecular weight excluding hydrogens is 321 g/mol. The summed E-state index contributed by atoms with van der Waals surface area (Å²) < 4.78 is 19.8. The SMILES string of the molecule is Cc1ccc(C(C)N)c(OCc2cc(F)cc(Br)c2)c1. The van der Waals surface area contributed by atoms with E-state index in [-0.39, 0.29) is 11.9 Å². The van der Waals surface area contributed by atoms with Crippen molar-refractivity contribution in [1.29, 1.82) is 0 Å². The molecule has 2 N–H and O–H groups in total. The fraction of sp³-hybridized carbons (Fsp3) is 0.250. The Bertz CT molecular complexity index is 593. The van der Waals surface area contributed by atoms with E-state index < -0.39 is 0 Å². The molecule has 2 nitrogen and oxygen atoms in total. The number of nitrogens with two attached hydrogens (primary N) is 1. The maximum Gasteiger partial charge on any atom is 0.124 e. The summed E-state index contributed by atoms with van der Waals surface area (Å²) >= 11 is 3.27. The zero-order chi connectivity index (χ0) is 14.7. The molecular formula is C16H17BrFNO. The van der Waals surface area contributed by atoms with Crippen LogP contribution in [0.1, 0.15) is 29.7 Å². The van der Waals surface area contributed by atoms with Crippen molar-refractivity contribution in [3.63, 3.8) is 0 Å². The number of rotatable bonds is 4. The highest BCUT2D eigenvalue weighted by molar-refractivity contribution is 9.10. The number of hydrogen-bond acceptors (Lipinski definition) is 2. The van der Waals surface area contributed by atoms with Gasteiger partial charge in [-0.2, -0.15) is 0 Å². The molecule has 1 atom stereocenters. The Morgan fingerprint density at radius 1 is 1.25 bits per heavy atom. The van der Waals surface area contributed by atoms with Gasteiger partial charge < -0.3 is 10.5 Å². The molecule has 2 aromatic carbocycles. The van der Waals surface area contributed by atoms with Gasteiger partial charge in [-0.15, -0.1) is 0 Å². The Kier molecular flexibility index (Phi) is 4.78. The van der Waals surface area contributed by atoms with E-state index in [9.17, 15) is 4.39 Å². The smallest absolute Gasteiger partial charge is 0.124 e.